The summed E-state index contributed by atoms with van der Waals surface area (Å²) in [7, 11) is 1.45. The molecule has 0 saturated carbocycles. The van der Waals surface area contributed by atoms with Gasteiger partial charge in [-0.05, 0) is 60.8 Å². The zero-order valence-corrected chi connectivity index (χ0v) is 12.2. The van der Waals surface area contributed by atoms with Crippen LogP contribution in [-0.4, -0.2) is 13.7 Å². The Kier molecular flexibility index (Phi) is 5.28. The molecule has 0 bridgehead atoms. The lowest BCUT2D eigenvalue weighted by Gasteiger charge is -2.09. The monoisotopic (exact) mass is 291 g/mol. The molecule has 0 radical (unpaired) electrons. The van der Waals surface area contributed by atoms with Gasteiger partial charge in [0.1, 0.15) is 5.82 Å². The number of ether oxygens (including phenoxy) is 1. The Labute approximate surface area is 123 Å². The van der Waals surface area contributed by atoms with Gasteiger partial charge in [-0.25, -0.2) is 8.78 Å². The van der Waals surface area contributed by atoms with E-state index in [0.29, 0.717) is 6.54 Å². The summed E-state index contributed by atoms with van der Waals surface area (Å²) in [4.78, 5) is 0. The molecule has 0 aliphatic rings. The fourth-order valence-electron chi connectivity index (χ4n) is 2.22. The minimum absolute atomic E-state index is 0.210. The standard InChI is InChI=1S/C17H19F2NO/c1-12-9-15(18)5-4-14(12)7-8-20-11-13-3-6-17(21-2)16(19)10-13/h3-6,9-10,20H,7-8,11H2,1-2H3. The molecule has 0 aliphatic heterocycles. The highest BCUT2D eigenvalue weighted by Crippen LogP contribution is 2.17. The summed E-state index contributed by atoms with van der Waals surface area (Å²) in [5, 5.41) is 3.26. The van der Waals surface area contributed by atoms with Crippen molar-refractivity contribution in [2.45, 2.75) is 19.9 Å². The molecule has 2 nitrogen and oxygen atoms in total. The van der Waals surface area contributed by atoms with Gasteiger partial charge < -0.3 is 10.1 Å². The van der Waals surface area contributed by atoms with Crippen molar-refractivity contribution in [3.8, 4) is 5.75 Å². The zero-order chi connectivity index (χ0) is 15.2. The van der Waals surface area contributed by atoms with Crippen LogP contribution < -0.4 is 10.1 Å². The first kappa shape index (κ1) is 15.4. The number of benzene rings is 2. The van der Waals surface area contributed by atoms with Crippen LogP contribution in [0.4, 0.5) is 8.78 Å². The van der Waals surface area contributed by atoms with Crippen LogP contribution in [-0.2, 0) is 13.0 Å². The predicted octanol–water partition coefficient (Wildman–Crippen LogP) is 3.61. The highest BCUT2D eigenvalue weighted by Gasteiger charge is 2.04. The zero-order valence-electron chi connectivity index (χ0n) is 12.2. The van der Waals surface area contributed by atoms with Crippen molar-refractivity contribution in [1.82, 2.24) is 5.32 Å². The molecule has 0 amide bonds. The molecule has 0 saturated heterocycles. The van der Waals surface area contributed by atoms with Crippen molar-refractivity contribution >= 4 is 0 Å². The van der Waals surface area contributed by atoms with Gasteiger partial charge in [0, 0.05) is 6.54 Å². The van der Waals surface area contributed by atoms with Gasteiger partial charge in [-0.2, -0.15) is 0 Å². The number of hydrogen-bond donors (Lipinski definition) is 1. The number of rotatable bonds is 6. The topological polar surface area (TPSA) is 21.3 Å². The van der Waals surface area contributed by atoms with Crippen LogP contribution in [0.5, 0.6) is 5.75 Å². The third-order valence-corrected chi connectivity index (χ3v) is 3.42. The Morgan fingerprint density at radius 1 is 1.10 bits per heavy atom. The Morgan fingerprint density at radius 2 is 1.90 bits per heavy atom. The molecular formula is C17H19F2NO. The van der Waals surface area contributed by atoms with Crippen molar-refractivity contribution in [2.24, 2.45) is 0 Å². The summed E-state index contributed by atoms with van der Waals surface area (Å²) >= 11 is 0. The normalized spacial score (nSPS) is 10.7. The summed E-state index contributed by atoms with van der Waals surface area (Å²) in [5.74, 6) is -0.315. The van der Waals surface area contributed by atoms with Crippen LogP contribution >= 0.6 is 0 Å². The Balaban J connectivity index is 1.83. The molecule has 2 aromatic rings. The lowest BCUT2D eigenvalue weighted by Crippen LogP contribution is -2.17. The minimum atomic E-state index is -0.355. The maximum Gasteiger partial charge on any atom is 0.165 e. The van der Waals surface area contributed by atoms with Crippen molar-refractivity contribution in [3.05, 3.63) is 64.7 Å². The Hall–Kier alpha value is -1.94. The van der Waals surface area contributed by atoms with Gasteiger partial charge >= 0.3 is 0 Å². The van der Waals surface area contributed by atoms with Crippen molar-refractivity contribution < 1.29 is 13.5 Å². The molecule has 0 aliphatic carbocycles. The van der Waals surface area contributed by atoms with Crippen molar-refractivity contribution in [2.75, 3.05) is 13.7 Å². The number of nitrogens with one attached hydrogen (secondary N) is 1. The average molecular weight is 291 g/mol. The largest absolute Gasteiger partial charge is 0.494 e. The lowest BCUT2D eigenvalue weighted by molar-refractivity contribution is 0.386. The van der Waals surface area contributed by atoms with Crippen LogP contribution in [0, 0.1) is 18.6 Å². The minimum Gasteiger partial charge on any atom is -0.494 e. The molecule has 2 rings (SSSR count). The highest BCUT2D eigenvalue weighted by molar-refractivity contribution is 5.29. The number of halogens is 2. The molecule has 0 fully saturated rings. The van der Waals surface area contributed by atoms with Gasteiger partial charge in [-0.3, -0.25) is 0 Å². The fourth-order valence-corrected chi connectivity index (χ4v) is 2.22. The molecule has 2 aromatic carbocycles. The number of hydrogen-bond acceptors (Lipinski definition) is 2. The molecule has 0 aromatic heterocycles. The smallest absolute Gasteiger partial charge is 0.165 e. The lowest BCUT2D eigenvalue weighted by atomic mass is 10.1. The van der Waals surface area contributed by atoms with E-state index in [1.165, 1.54) is 25.3 Å². The molecular weight excluding hydrogens is 272 g/mol. The Morgan fingerprint density at radius 3 is 2.57 bits per heavy atom. The van der Waals surface area contributed by atoms with Crippen LogP contribution in [0.1, 0.15) is 16.7 Å². The molecule has 1 N–H and O–H groups in total. The third-order valence-electron chi connectivity index (χ3n) is 3.42. The molecule has 0 unspecified atom stereocenters. The molecule has 0 spiro atoms. The summed E-state index contributed by atoms with van der Waals surface area (Å²) in [6, 6.07) is 9.73. The van der Waals surface area contributed by atoms with E-state index in [1.807, 2.05) is 13.0 Å². The van der Waals surface area contributed by atoms with Crippen LogP contribution in [0.25, 0.3) is 0 Å². The van der Waals surface area contributed by atoms with Gasteiger partial charge in [0.05, 0.1) is 7.11 Å². The summed E-state index contributed by atoms with van der Waals surface area (Å²) in [5.41, 5.74) is 2.93. The third kappa shape index (κ3) is 4.26. The first-order chi connectivity index (χ1) is 10.1. The van der Waals surface area contributed by atoms with Gasteiger partial charge in [-0.15, -0.1) is 0 Å². The van der Waals surface area contributed by atoms with E-state index < -0.39 is 0 Å². The first-order valence-corrected chi connectivity index (χ1v) is 6.88. The Bertz CT molecular complexity index is 614. The second kappa shape index (κ2) is 7.18. The number of aryl methyl sites for hydroxylation is 1. The molecule has 0 heterocycles. The van der Waals surface area contributed by atoms with E-state index in [0.717, 1.165) is 29.7 Å². The van der Waals surface area contributed by atoms with Gasteiger partial charge in [0.25, 0.3) is 0 Å². The fraction of sp³-hybridized carbons (Fsp3) is 0.294. The summed E-state index contributed by atoms with van der Waals surface area (Å²) < 4.78 is 31.4. The van der Waals surface area contributed by atoms with E-state index >= 15 is 0 Å². The SMILES string of the molecule is COc1ccc(CNCCc2ccc(F)cc2C)cc1F. The van der Waals surface area contributed by atoms with Gasteiger partial charge in [0.2, 0.25) is 0 Å². The van der Waals surface area contributed by atoms with E-state index in [9.17, 15) is 8.78 Å². The van der Waals surface area contributed by atoms with Crippen molar-refractivity contribution in [3.63, 3.8) is 0 Å². The van der Waals surface area contributed by atoms with E-state index in [-0.39, 0.29) is 17.4 Å². The maximum absolute atomic E-state index is 13.5. The molecule has 112 valence electrons. The van der Waals surface area contributed by atoms with Gasteiger partial charge in [0.15, 0.2) is 11.6 Å². The predicted molar refractivity (Wildman–Crippen MR) is 79.5 cm³/mol. The molecule has 21 heavy (non-hydrogen) atoms. The molecule has 4 heteroatoms. The highest BCUT2D eigenvalue weighted by atomic mass is 19.1. The maximum atomic E-state index is 13.5. The second-order valence-electron chi connectivity index (χ2n) is 4.97. The quantitative estimate of drug-likeness (QED) is 0.821. The molecule has 0 atom stereocenters. The summed E-state index contributed by atoms with van der Waals surface area (Å²) in [6.45, 7) is 3.23. The van der Waals surface area contributed by atoms with Crippen LogP contribution in [0.15, 0.2) is 36.4 Å². The average Bonchev–Trinajstić information content (AvgIpc) is 2.45. The van der Waals surface area contributed by atoms with E-state index in [4.69, 9.17) is 4.74 Å². The van der Waals surface area contributed by atoms with Crippen LogP contribution in [0.2, 0.25) is 0 Å². The van der Waals surface area contributed by atoms with E-state index in [2.05, 4.69) is 5.32 Å². The second-order valence-corrected chi connectivity index (χ2v) is 4.97. The van der Waals surface area contributed by atoms with E-state index in [1.54, 1.807) is 12.1 Å². The first-order valence-electron chi connectivity index (χ1n) is 6.88. The van der Waals surface area contributed by atoms with Crippen LogP contribution in [0.3, 0.4) is 0 Å². The van der Waals surface area contributed by atoms with Crippen molar-refractivity contribution in [1.29, 1.82) is 0 Å². The summed E-state index contributed by atoms with van der Waals surface area (Å²) in [6.07, 6.45) is 0.810. The number of methoxy groups -OCH3 is 1. The van der Waals surface area contributed by atoms with Gasteiger partial charge in [-0.1, -0.05) is 12.1 Å².